The maximum absolute atomic E-state index is 6.36. The van der Waals surface area contributed by atoms with Crippen molar-refractivity contribution in [3.63, 3.8) is 0 Å². The van der Waals surface area contributed by atoms with Crippen molar-refractivity contribution in [3.8, 4) is 73.2 Å². The monoisotopic (exact) mass is 842 g/mol. The van der Waals surface area contributed by atoms with Gasteiger partial charge in [0.2, 0.25) is 0 Å². The molecule has 0 amide bonds. The molecule has 0 aliphatic heterocycles. The molecule has 3 aromatic heterocycles. The smallest absolute Gasteiger partial charge is 0.164 e. The molecule has 0 N–H and O–H groups in total. The summed E-state index contributed by atoms with van der Waals surface area (Å²) in [6.45, 7) is 0. The fourth-order valence-electron chi connectivity index (χ4n) is 9.76. The SMILES string of the molecule is c1ccc(-c2ccccc2-c2nc(-c3ccccc3-c3ccccc3)nc(-c3ccc(-n4c5ccccc5c5cc6ccccc6cc54)cc3-c3ccc4oc5ccccc5c4c3)n2)cc1. The van der Waals surface area contributed by atoms with Crippen LogP contribution in [0.25, 0.3) is 128 Å². The Morgan fingerprint density at radius 3 is 1.47 bits per heavy atom. The van der Waals surface area contributed by atoms with Crippen molar-refractivity contribution in [1.29, 1.82) is 0 Å². The highest BCUT2D eigenvalue weighted by Gasteiger charge is 2.22. The number of furan rings is 1. The third-order valence-corrected chi connectivity index (χ3v) is 12.9. The topological polar surface area (TPSA) is 56.7 Å². The molecule has 10 aromatic carbocycles. The van der Waals surface area contributed by atoms with Crippen molar-refractivity contribution in [3.05, 3.63) is 231 Å². The van der Waals surface area contributed by atoms with E-state index in [4.69, 9.17) is 19.4 Å². The van der Waals surface area contributed by atoms with E-state index < -0.39 is 0 Å². The minimum Gasteiger partial charge on any atom is -0.456 e. The van der Waals surface area contributed by atoms with Crippen LogP contribution in [0.2, 0.25) is 0 Å². The van der Waals surface area contributed by atoms with Crippen molar-refractivity contribution in [2.45, 2.75) is 0 Å². The number of aromatic nitrogens is 4. The molecule has 308 valence electrons. The van der Waals surface area contributed by atoms with Crippen LogP contribution in [0, 0.1) is 0 Å². The number of nitrogens with zero attached hydrogens (tertiary/aromatic N) is 4. The molecule has 0 bridgehead atoms. The molecule has 0 radical (unpaired) electrons. The third kappa shape index (κ3) is 6.28. The first-order chi connectivity index (χ1) is 32.7. The average Bonchev–Trinajstić information content (AvgIpc) is 3.93. The molecule has 66 heavy (non-hydrogen) atoms. The fraction of sp³-hybridized carbons (Fsp3) is 0. The lowest BCUT2D eigenvalue weighted by atomic mass is 9.95. The number of rotatable bonds is 7. The normalized spacial score (nSPS) is 11.6. The molecule has 5 heteroatoms. The van der Waals surface area contributed by atoms with Gasteiger partial charge in [-0.1, -0.05) is 176 Å². The van der Waals surface area contributed by atoms with Gasteiger partial charge in [-0.25, -0.2) is 15.0 Å². The Bertz CT molecular complexity index is 3900. The highest BCUT2D eigenvalue weighted by atomic mass is 16.3. The first kappa shape index (κ1) is 37.6. The van der Waals surface area contributed by atoms with Gasteiger partial charge in [0.1, 0.15) is 11.2 Å². The van der Waals surface area contributed by atoms with E-state index in [2.05, 4.69) is 211 Å². The van der Waals surface area contributed by atoms with Crippen molar-refractivity contribution < 1.29 is 4.42 Å². The van der Waals surface area contributed by atoms with E-state index in [1.54, 1.807) is 0 Å². The maximum Gasteiger partial charge on any atom is 0.164 e. The summed E-state index contributed by atoms with van der Waals surface area (Å²) in [5.74, 6) is 1.77. The van der Waals surface area contributed by atoms with E-state index in [0.717, 1.165) is 88.7 Å². The van der Waals surface area contributed by atoms with Crippen LogP contribution in [-0.2, 0) is 0 Å². The van der Waals surface area contributed by atoms with Gasteiger partial charge in [-0.05, 0) is 98.8 Å². The van der Waals surface area contributed by atoms with E-state index >= 15 is 0 Å². The summed E-state index contributed by atoms with van der Waals surface area (Å²) in [6, 6.07) is 81.1. The van der Waals surface area contributed by atoms with Crippen LogP contribution in [0.4, 0.5) is 0 Å². The van der Waals surface area contributed by atoms with Gasteiger partial charge in [0, 0.05) is 43.9 Å². The van der Waals surface area contributed by atoms with E-state index in [0.29, 0.717) is 17.5 Å². The Balaban J connectivity index is 1.10. The lowest BCUT2D eigenvalue weighted by Crippen LogP contribution is -2.03. The number of benzene rings is 10. The summed E-state index contributed by atoms with van der Waals surface area (Å²) < 4.78 is 8.76. The summed E-state index contributed by atoms with van der Waals surface area (Å²) in [5, 5.41) is 6.95. The third-order valence-electron chi connectivity index (χ3n) is 12.9. The molecule has 0 saturated carbocycles. The van der Waals surface area contributed by atoms with Crippen molar-refractivity contribution in [2.24, 2.45) is 0 Å². The molecule has 13 aromatic rings. The Labute approximate surface area is 380 Å². The van der Waals surface area contributed by atoms with Crippen LogP contribution in [0.15, 0.2) is 235 Å². The number of hydrogen-bond acceptors (Lipinski definition) is 4. The van der Waals surface area contributed by atoms with Gasteiger partial charge in [-0.15, -0.1) is 0 Å². The molecule has 0 fully saturated rings. The van der Waals surface area contributed by atoms with Crippen molar-refractivity contribution >= 4 is 54.5 Å². The lowest BCUT2D eigenvalue weighted by Gasteiger charge is -2.17. The highest BCUT2D eigenvalue weighted by molar-refractivity contribution is 6.14. The Kier molecular flexibility index (Phi) is 8.78. The minimum absolute atomic E-state index is 0.577. The Morgan fingerprint density at radius 1 is 0.288 bits per heavy atom. The van der Waals surface area contributed by atoms with Gasteiger partial charge in [0.25, 0.3) is 0 Å². The molecule has 3 heterocycles. The maximum atomic E-state index is 6.36. The lowest BCUT2D eigenvalue weighted by molar-refractivity contribution is 0.669. The van der Waals surface area contributed by atoms with Gasteiger partial charge in [-0.3, -0.25) is 0 Å². The Morgan fingerprint density at radius 2 is 0.803 bits per heavy atom. The summed E-state index contributed by atoms with van der Waals surface area (Å²) >= 11 is 0. The highest BCUT2D eigenvalue weighted by Crippen LogP contribution is 2.42. The average molecular weight is 843 g/mol. The quantitative estimate of drug-likeness (QED) is 0.160. The number of hydrogen-bond donors (Lipinski definition) is 0. The molecule has 0 spiro atoms. The van der Waals surface area contributed by atoms with Crippen molar-refractivity contribution in [2.75, 3.05) is 0 Å². The predicted octanol–water partition coefficient (Wildman–Crippen LogP) is 16.0. The summed E-state index contributed by atoms with van der Waals surface area (Å²) in [7, 11) is 0. The predicted molar refractivity (Wildman–Crippen MR) is 272 cm³/mol. The molecule has 0 atom stereocenters. The molecular weight excluding hydrogens is 805 g/mol. The first-order valence-electron chi connectivity index (χ1n) is 22.3. The second-order valence-electron chi connectivity index (χ2n) is 16.7. The van der Waals surface area contributed by atoms with E-state index in [9.17, 15) is 0 Å². The van der Waals surface area contributed by atoms with Crippen LogP contribution in [0.1, 0.15) is 0 Å². The van der Waals surface area contributed by atoms with Gasteiger partial charge >= 0.3 is 0 Å². The fourth-order valence-corrected chi connectivity index (χ4v) is 9.76. The zero-order chi connectivity index (χ0) is 43.6. The van der Waals surface area contributed by atoms with Gasteiger partial charge in [0.05, 0.1) is 11.0 Å². The summed E-state index contributed by atoms with van der Waals surface area (Å²) in [5.41, 5.74) is 14.0. The Hall–Kier alpha value is -8.93. The van der Waals surface area contributed by atoms with Crippen LogP contribution in [-0.4, -0.2) is 19.5 Å². The number of fused-ring (bicyclic) bond motifs is 7. The first-order valence-corrected chi connectivity index (χ1v) is 22.3. The molecule has 0 unspecified atom stereocenters. The van der Waals surface area contributed by atoms with Crippen LogP contribution in [0.3, 0.4) is 0 Å². The van der Waals surface area contributed by atoms with E-state index in [-0.39, 0.29) is 0 Å². The van der Waals surface area contributed by atoms with E-state index in [1.807, 2.05) is 24.3 Å². The second-order valence-corrected chi connectivity index (χ2v) is 16.7. The molecule has 13 rings (SSSR count). The van der Waals surface area contributed by atoms with Crippen molar-refractivity contribution in [1.82, 2.24) is 19.5 Å². The molecule has 5 nitrogen and oxygen atoms in total. The molecule has 0 saturated heterocycles. The standard InChI is InChI=1S/C61H38N4O/c1-3-17-39(18-4-1)45-23-9-11-27-49(45)59-62-60(50-28-12-10-24-46(50)40-19-5-2-6-20-40)64-61(63-59)51-33-32-44(38-52(51)43-31-34-58-54(36-43)48-26-14-16-30-57(48)66-58)65-55-29-15-13-25-47(55)53-35-41-21-7-8-22-42(41)37-56(53)65/h1-38H. The molecule has 0 aliphatic carbocycles. The zero-order valence-corrected chi connectivity index (χ0v) is 35.6. The van der Waals surface area contributed by atoms with Crippen LogP contribution >= 0.6 is 0 Å². The van der Waals surface area contributed by atoms with Gasteiger partial charge in [0.15, 0.2) is 17.5 Å². The van der Waals surface area contributed by atoms with Crippen LogP contribution in [0.5, 0.6) is 0 Å². The van der Waals surface area contributed by atoms with Crippen LogP contribution < -0.4 is 0 Å². The second kappa shape index (κ2) is 15.4. The zero-order valence-electron chi connectivity index (χ0n) is 35.6. The minimum atomic E-state index is 0.577. The van der Waals surface area contributed by atoms with E-state index in [1.165, 1.54) is 21.5 Å². The van der Waals surface area contributed by atoms with Gasteiger partial charge < -0.3 is 8.98 Å². The summed E-state index contributed by atoms with van der Waals surface area (Å²) in [6.07, 6.45) is 0. The van der Waals surface area contributed by atoms with Gasteiger partial charge in [-0.2, -0.15) is 0 Å². The summed E-state index contributed by atoms with van der Waals surface area (Å²) in [4.78, 5) is 16.3. The largest absolute Gasteiger partial charge is 0.456 e. The molecular formula is C61H38N4O. The molecule has 0 aliphatic rings. The number of para-hydroxylation sites is 2.